The fraction of sp³-hybridized carbons (Fsp3) is 0.667. The molecule has 2 aliphatic rings. The highest BCUT2D eigenvalue weighted by Crippen LogP contribution is 2.22. The molecule has 0 radical (unpaired) electrons. The Kier molecular flexibility index (Phi) is 7.82. The first kappa shape index (κ1) is 21.2. The summed E-state index contributed by atoms with van der Waals surface area (Å²) in [7, 11) is 0. The fourth-order valence-corrected chi connectivity index (χ4v) is 3.85. The summed E-state index contributed by atoms with van der Waals surface area (Å²) < 4.78 is 5.34. The quantitative estimate of drug-likeness (QED) is 0.509. The van der Waals surface area contributed by atoms with Crippen molar-refractivity contribution in [3.05, 3.63) is 35.9 Å². The summed E-state index contributed by atoms with van der Waals surface area (Å²) in [5.41, 5.74) is -0.158. The van der Waals surface area contributed by atoms with Gasteiger partial charge >= 0.3 is 0 Å². The zero-order chi connectivity index (χ0) is 19.8. The average Bonchev–Trinajstić information content (AvgIpc) is 3.02. The second kappa shape index (κ2) is 10.3. The van der Waals surface area contributed by atoms with Gasteiger partial charge in [0.15, 0.2) is 0 Å². The number of nitrogens with zero attached hydrogens (tertiary/aromatic N) is 2. The molecule has 3 rings (SSSR count). The first-order valence-corrected chi connectivity index (χ1v) is 10.3. The van der Waals surface area contributed by atoms with E-state index in [1.807, 2.05) is 30.3 Å². The lowest BCUT2D eigenvalue weighted by molar-refractivity contribution is -0.131. The topological polar surface area (TPSA) is 85.3 Å². The Labute approximate surface area is 167 Å². The molecule has 0 bridgehead atoms. The van der Waals surface area contributed by atoms with E-state index in [9.17, 15) is 15.0 Å². The number of aliphatic hydroxyl groups excluding tert-OH is 1. The van der Waals surface area contributed by atoms with Crippen LogP contribution in [0.5, 0.6) is 0 Å². The van der Waals surface area contributed by atoms with E-state index in [4.69, 9.17) is 4.74 Å². The molecule has 2 saturated heterocycles. The van der Waals surface area contributed by atoms with Crippen LogP contribution >= 0.6 is 0 Å². The number of β-amino-alcohol motifs (C(OH)–C–C–N with tert-alkyl or cyclic N) is 2. The maximum Gasteiger partial charge on any atom is 0.223 e. The normalized spacial score (nSPS) is 25.9. The first-order valence-electron chi connectivity index (χ1n) is 10.3. The third kappa shape index (κ3) is 5.99. The van der Waals surface area contributed by atoms with Crippen molar-refractivity contribution < 1.29 is 19.7 Å². The summed E-state index contributed by atoms with van der Waals surface area (Å²) in [6.07, 6.45) is 1.12. The molecule has 2 atom stereocenters. The average molecular weight is 392 g/mol. The molecule has 0 saturated carbocycles. The molecule has 0 aliphatic carbocycles. The van der Waals surface area contributed by atoms with Gasteiger partial charge in [0.25, 0.3) is 0 Å². The van der Waals surface area contributed by atoms with Crippen molar-refractivity contribution >= 4 is 5.91 Å². The summed E-state index contributed by atoms with van der Waals surface area (Å²) in [5.74, 6) is -0.0221. The Balaban J connectivity index is 1.36. The Morgan fingerprint density at radius 3 is 2.75 bits per heavy atom. The summed E-state index contributed by atoms with van der Waals surface area (Å²) in [6.45, 7) is 5.99. The van der Waals surface area contributed by atoms with E-state index < -0.39 is 11.7 Å². The minimum atomic E-state index is -1.28. The third-order valence-electron chi connectivity index (χ3n) is 5.66. The molecule has 7 nitrogen and oxygen atoms in total. The van der Waals surface area contributed by atoms with Gasteiger partial charge in [-0.15, -0.1) is 0 Å². The van der Waals surface area contributed by atoms with Crippen molar-refractivity contribution in [1.29, 1.82) is 0 Å². The van der Waals surface area contributed by atoms with Crippen molar-refractivity contribution in [2.24, 2.45) is 0 Å². The van der Waals surface area contributed by atoms with Gasteiger partial charge in [-0.25, -0.2) is 0 Å². The van der Waals surface area contributed by atoms with Gasteiger partial charge in [0, 0.05) is 32.6 Å². The maximum atomic E-state index is 12.5. The number of benzene rings is 1. The number of ether oxygens (including phenoxy) is 1. The highest BCUT2D eigenvalue weighted by atomic mass is 16.5. The number of rotatable bonds is 9. The summed E-state index contributed by atoms with van der Waals surface area (Å²) in [4.78, 5) is 16.4. The smallest absolute Gasteiger partial charge is 0.223 e. The van der Waals surface area contributed by atoms with Gasteiger partial charge in [-0.1, -0.05) is 30.3 Å². The predicted octanol–water partition coefficient (Wildman–Crippen LogP) is -0.135. The van der Waals surface area contributed by atoms with Crippen LogP contribution in [0.1, 0.15) is 18.4 Å². The second-order valence-corrected chi connectivity index (χ2v) is 7.86. The summed E-state index contributed by atoms with van der Waals surface area (Å²) in [6, 6.07) is 9.88. The zero-order valence-electron chi connectivity index (χ0n) is 16.6. The van der Waals surface area contributed by atoms with Crippen LogP contribution in [0.4, 0.5) is 0 Å². The van der Waals surface area contributed by atoms with Crippen LogP contribution in [0.3, 0.4) is 0 Å². The van der Waals surface area contributed by atoms with E-state index in [-0.39, 0.29) is 19.0 Å². The monoisotopic (exact) mass is 391 g/mol. The van der Waals surface area contributed by atoms with Crippen LogP contribution in [0.2, 0.25) is 0 Å². The lowest BCUT2D eigenvalue weighted by atomic mass is 10.0. The Morgan fingerprint density at radius 2 is 2.00 bits per heavy atom. The molecule has 3 N–H and O–H groups in total. The molecule has 1 amide bonds. The summed E-state index contributed by atoms with van der Waals surface area (Å²) in [5, 5.41) is 24.3. The fourth-order valence-electron chi connectivity index (χ4n) is 3.85. The van der Waals surface area contributed by atoms with Crippen LogP contribution in [0.25, 0.3) is 0 Å². The van der Waals surface area contributed by atoms with Gasteiger partial charge in [0.2, 0.25) is 5.91 Å². The largest absolute Gasteiger partial charge is 0.388 e. The number of carbonyl (C=O) groups excluding carboxylic acids is 1. The number of carbonyl (C=O) groups is 1. The van der Waals surface area contributed by atoms with Gasteiger partial charge in [0.05, 0.1) is 19.8 Å². The standard InChI is InChI=1S/C21H33N3O4/c25-19-15-24(20(26)8-7-18-5-2-1-3-6-18)17-21(19,27)16-22-9-4-10-23-11-13-28-14-12-23/h1-3,5-6,19,22,25,27H,4,7-17H2/t19-,21+/m1/s1. The second-order valence-electron chi connectivity index (χ2n) is 7.86. The first-order chi connectivity index (χ1) is 13.6. The van der Waals surface area contributed by atoms with Crippen LogP contribution in [-0.2, 0) is 16.0 Å². The molecular weight excluding hydrogens is 358 g/mol. The van der Waals surface area contributed by atoms with Crippen molar-refractivity contribution in [2.75, 3.05) is 59.0 Å². The highest BCUT2D eigenvalue weighted by molar-refractivity contribution is 5.77. The Hall–Kier alpha value is -1.51. The molecule has 28 heavy (non-hydrogen) atoms. The van der Waals surface area contributed by atoms with Crippen LogP contribution in [0.15, 0.2) is 30.3 Å². The predicted molar refractivity (Wildman–Crippen MR) is 107 cm³/mol. The number of hydrogen-bond acceptors (Lipinski definition) is 6. The van der Waals surface area contributed by atoms with Crippen molar-refractivity contribution in [3.63, 3.8) is 0 Å². The van der Waals surface area contributed by atoms with Crippen molar-refractivity contribution in [1.82, 2.24) is 15.1 Å². The molecule has 0 spiro atoms. The van der Waals surface area contributed by atoms with E-state index in [0.29, 0.717) is 19.4 Å². The number of hydrogen-bond donors (Lipinski definition) is 3. The van der Waals surface area contributed by atoms with E-state index >= 15 is 0 Å². The number of aliphatic hydroxyl groups is 2. The Bertz CT molecular complexity index is 609. The Morgan fingerprint density at radius 1 is 1.25 bits per heavy atom. The van der Waals surface area contributed by atoms with E-state index in [1.54, 1.807) is 4.90 Å². The summed E-state index contributed by atoms with van der Waals surface area (Å²) >= 11 is 0. The van der Waals surface area contributed by atoms with E-state index in [2.05, 4.69) is 10.2 Å². The number of morpholine rings is 1. The molecule has 0 unspecified atom stereocenters. The van der Waals surface area contributed by atoms with Gasteiger partial charge in [-0.05, 0) is 31.5 Å². The molecule has 2 heterocycles. The molecule has 0 aromatic heterocycles. The molecule has 1 aromatic carbocycles. The van der Waals surface area contributed by atoms with Crippen LogP contribution in [0, 0.1) is 0 Å². The number of likely N-dealkylation sites (tertiary alicyclic amines) is 1. The number of amides is 1. The number of nitrogens with one attached hydrogen (secondary N) is 1. The molecule has 2 fully saturated rings. The SMILES string of the molecule is O=C(CCc1ccccc1)N1C[C@@H](O)[C@](O)(CNCCCN2CCOCC2)C1. The molecule has 156 valence electrons. The molecule has 7 heteroatoms. The van der Waals surface area contributed by atoms with Crippen molar-refractivity contribution in [3.8, 4) is 0 Å². The van der Waals surface area contributed by atoms with Gasteiger partial charge in [-0.3, -0.25) is 9.69 Å². The van der Waals surface area contributed by atoms with Crippen LogP contribution < -0.4 is 5.32 Å². The minimum Gasteiger partial charge on any atom is -0.388 e. The third-order valence-corrected chi connectivity index (χ3v) is 5.66. The highest BCUT2D eigenvalue weighted by Gasteiger charge is 2.45. The van der Waals surface area contributed by atoms with Crippen molar-refractivity contribution in [2.45, 2.75) is 31.0 Å². The van der Waals surface area contributed by atoms with E-state index in [0.717, 1.165) is 51.4 Å². The number of aryl methyl sites for hydroxylation is 1. The molecular formula is C21H33N3O4. The molecule has 2 aliphatic heterocycles. The lowest BCUT2D eigenvalue weighted by Gasteiger charge is -2.28. The lowest BCUT2D eigenvalue weighted by Crippen LogP contribution is -2.50. The molecule has 1 aromatic rings. The van der Waals surface area contributed by atoms with Gasteiger partial charge < -0.3 is 25.2 Å². The van der Waals surface area contributed by atoms with Gasteiger partial charge in [0.1, 0.15) is 11.7 Å². The maximum absolute atomic E-state index is 12.5. The van der Waals surface area contributed by atoms with E-state index in [1.165, 1.54) is 0 Å². The minimum absolute atomic E-state index is 0.0221. The zero-order valence-corrected chi connectivity index (χ0v) is 16.6. The van der Waals surface area contributed by atoms with Crippen LogP contribution in [-0.4, -0.2) is 96.7 Å². The van der Waals surface area contributed by atoms with Gasteiger partial charge in [-0.2, -0.15) is 0 Å².